The molecule has 0 atom stereocenters. The average molecular weight is 164 g/mol. The number of nitrogen functional groups attached to an aromatic ring is 1. The summed E-state index contributed by atoms with van der Waals surface area (Å²) in [7, 11) is 1.72. The van der Waals surface area contributed by atoms with E-state index in [4.69, 9.17) is 5.73 Å². The number of allylic oxidation sites excluding steroid dienone is 2. The molecule has 0 radical (unpaired) electrons. The van der Waals surface area contributed by atoms with Gasteiger partial charge in [0.1, 0.15) is 5.82 Å². The van der Waals surface area contributed by atoms with E-state index in [1.807, 2.05) is 13.0 Å². The molecular weight excluding hydrogens is 152 g/mol. The molecule has 1 aromatic rings. The third-order valence-corrected chi connectivity index (χ3v) is 1.43. The van der Waals surface area contributed by atoms with E-state index in [0.29, 0.717) is 5.82 Å². The van der Waals surface area contributed by atoms with Crippen molar-refractivity contribution in [3.8, 4) is 0 Å². The normalized spacial score (nSPS) is 12.7. The van der Waals surface area contributed by atoms with Gasteiger partial charge in [-0.2, -0.15) is 5.10 Å². The van der Waals surface area contributed by atoms with E-state index in [2.05, 4.69) is 10.1 Å². The summed E-state index contributed by atoms with van der Waals surface area (Å²) in [5.41, 5.74) is 6.37. The first-order chi connectivity index (χ1) is 5.77. The lowest BCUT2D eigenvalue weighted by Gasteiger charge is -1.98. The quantitative estimate of drug-likeness (QED) is 0.663. The van der Waals surface area contributed by atoms with Crippen molar-refractivity contribution in [1.29, 1.82) is 0 Å². The number of aliphatic imine (C=N–C) groups is 1. The van der Waals surface area contributed by atoms with Crippen molar-refractivity contribution in [2.75, 3.05) is 12.8 Å². The zero-order valence-corrected chi connectivity index (χ0v) is 7.23. The number of rotatable bonds is 2. The van der Waals surface area contributed by atoms with Gasteiger partial charge in [-0.1, -0.05) is 6.08 Å². The van der Waals surface area contributed by atoms with E-state index in [1.54, 1.807) is 30.2 Å². The van der Waals surface area contributed by atoms with Gasteiger partial charge in [0.15, 0.2) is 0 Å². The highest BCUT2D eigenvalue weighted by atomic mass is 15.3. The van der Waals surface area contributed by atoms with Gasteiger partial charge in [0.05, 0.1) is 5.70 Å². The van der Waals surface area contributed by atoms with E-state index in [9.17, 15) is 0 Å². The van der Waals surface area contributed by atoms with E-state index >= 15 is 0 Å². The van der Waals surface area contributed by atoms with Gasteiger partial charge in [0.25, 0.3) is 0 Å². The third kappa shape index (κ3) is 1.72. The van der Waals surface area contributed by atoms with E-state index < -0.39 is 0 Å². The van der Waals surface area contributed by atoms with Gasteiger partial charge in [-0.15, -0.1) is 0 Å². The van der Waals surface area contributed by atoms with Crippen LogP contribution in [-0.4, -0.2) is 23.0 Å². The Morgan fingerprint density at radius 3 is 2.92 bits per heavy atom. The van der Waals surface area contributed by atoms with Crippen LogP contribution in [0.15, 0.2) is 23.3 Å². The van der Waals surface area contributed by atoms with Crippen molar-refractivity contribution in [2.24, 2.45) is 4.99 Å². The molecule has 0 aromatic carbocycles. The SMILES string of the molecule is C/C=C(\C=NC)n1ccc(N)n1. The van der Waals surface area contributed by atoms with E-state index in [1.165, 1.54) is 0 Å². The Hall–Kier alpha value is -1.58. The van der Waals surface area contributed by atoms with Crippen LogP contribution in [0.3, 0.4) is 0 Å². The van der Waals surface area contributed by atoms with Gasteiger partial charge in [0, 0.05) is 25.5 Å². The number of hydrogen-bond acceptors (Lipinski definition) is 3. The smallest absolute Gasteiger partial charge is 0.145 e. The Bertz CT molecular complexity index is 309. The minimum atomic E-state index is 0.513. The Morgan fingerprint density at radius 1 is 1.75 bits per heavy atom. The molecule has 0 saturated heterocycles. The Labute approximate surface area is 71.4 Å². The van der Waals surface area contributed by atoms with Crippen LogP contribution in [0.5, 0.6) is 0 Å². The maximum atomic E-state index is 5.46. The van der Waals surface area contributed by atoms with Crippen LogP contribution in [0.25, 0.3) is 5.70 Å². The number of nitrogens with two attached hydrogens (primary N) is 1. The standard InChI is InChI=1S/C8H12N4/c1-3-7(6-10-2)12-5-4-8(9)11-12/h3-6H,1-2H3,(H2,9,11)/b7-3+,10-6?. The lowest BCUT2D eigenvalue weighted by Crippen LogP contribution is -1.99. The fraction of sp³-hybridized carbons (Fsp3) is 0.250. The van der Waals surface area contributed by atoms with Gasteiger partial charge in [-0.25, -0.2) is 4.68 Å². The molecule has 0 bridgehead atoms. The number of anilines is 1. The lowest BCUT2D eigenvalue weighted by atomic mass is 10.4. The second kappa shape index (κ2) is 3.71. The molecule has 1 rings (SSSR count). The maximum Gasteiger partial charge on any atom is 0.145 e. The molecule has 12 heavy (non-hydrogen) atoms. The van der Waals surface area contributed by atoms with Crippen LogP contribution < -0.4 is 5.73 Å². The molecule has 1 aromatic heterocycles. The summed E-state index contributed by atoms with van der Waals surface area (Å²) < 4.78 is 1.68. The van der Waals surface area contributed by atoms with Crippen molar-refractivity contribution in [3.63, 3.8) is 0 Å². The predicted octanol–water partition coefficient (Wildman–Crippen LogP) is 1.03. The van der Waals surface area contributed by atoms with E-state index in [0.717, 1.165) is 5.70 Å². The minimum Gasteiger partial charge on any atom is -0.382 e. The fourth-order valence-electron chi connectivity index (χ4n) is 0.880. The second-order valence-corrected chi connectivity index (χ2v) is 2.29. The summed E-state index contributed by atoms with van der Waals surface area (Å²) in [5, 5.41) is 4.04. The van der Waals surface area contributed by atoms with Crippen LogP contribution in [0, 0.1) is 0 Å². The van der Waals surface area contributed by atoms with Crippen LogP contribution >= 0.6 is 0 Å². The number of nitrogens with zero attached hydrogens (tertiary/aromatic N) is 3. The zero-order valence-electron chi connectivity index (χ0n) is 7.23. The molecule has 0 amide bonds. The molecule has 4 heteroatoms. The summed E-state index contributed by atoms with van der Waals surface area (Å²) in [6, 6.07) is 1.74. The van der Waals surface area contributed by atoms with Crippen LogP contribution in [0.2, 0.25) is 0 Å². The average Bonchev–Trinajstić information content (AvgIpc) is 2.47. The van der Waals surface area contributed by atoms with Crippen molar-refractivity contribution < 1.29 is 0 Å². The highest BCUT2D eigenvalue weighted by molar-refractivity contribution is 6.01. The van der Waals surface area contributed by atoms with Gasteiger partial charge in [0.2, 0.25) is 0 Å². The highest BCUT2D eigenvalue weighted by Gasteiger charge is 1.96. The first-order valence-corrected chi connectivity index (χ1v) is 3.68. The minimum absolute atomic E-state index is 0.513. The van der Waals surface area contributed by atoms with Crippen molar-refractivity contribution in [2.45, 2.75) is 6.92 Å². The number of hydrogen-bond donors (Lipinski definition) is 1. The Morgan fingerprint density at radius 2 is 2.50 bits per heavy atom. The van der Waals surface area contributed by atoms with Gasteiger partial charge in [-0.3, -0.25) is 4.99 Å². The highest BCUT2D eigenvalue weighted by Crippen LogP contribution is 2.03. The van der Waals surface area contributed by atoms with Crippen LogP contribution in [0.4, 0.5) is 5.82 Å². The summed E-state index contributed by atoms with van der Waals surface area (Å²) in [5.74, 6) is 0.513. The summed E-state index contributed by atoms with van der Waals surface area (Å²) in [6.07, 6.45) is 5.44. The monoisotopic (exact) mass is 164 g/mol. The summed E-state index contributed by atoms with van der Waals surface area (Å²) in [4.78, 5) is 3.90. The molecule has 0 spiro atoms. The summed E-state index contributed by atoms with van der Waals surface area (Å²) >= 11 is 0. The molecule has 2 N–H and O–H groups in total. The maximum absolute atomic E-state index is 5.46. The molecular formula is C8H12N4. The Balaban J connectivity index is 2.96. The summed E-state index contributed by atoms with van der Waals surface area (Å²) in [6.45, 7) is 1.93. The molecule has 0 unspecified atom stereocenters. The molecule has 0 aliphatic carbocycles. The molecule has 64 valence electrons. The molecule has 0 fully saturated rings. The predicted molar refractivity (Wildman–Crippen MR) is 51.0 cm³/mol. The Kier molecular flexibility index (Phi) is 2.63. The van der Waals surface area contributed by atoms with Crippen molar-refractivity contribution in [3.05, 3.63) is 18.3 Å². The first kappa shape index (κ1) is 8.52. The van der Waals surface area contributed by atoms with Crippen LogP contribution in [0.1, 0.15) is 6.92 Å². The van der Waals surface area contributed by atoms with Crippen LogP contribution in [-0.2, 0) is 0 Å². The number of aromatic nitrogens is 2. The molecule has 0 aliphatic heterocycles. The first-order valence-electron chi connectivity index (χ1n) is 3.68. The van der Waals surface area contributed by atoms with Gasteiger partial charge >= 0.3 is 0 Å². The topological polar surface area (TPSA) is 56.2 Å². The van der Waals surface area contributed by atoms with Crippen molar-refractivity contribution in [1.82, 2.24) is 9.78 Å². The largest absolute Gasteiger partial charge is 0.382 e. The lowest BCUT2D eigenvalue weighted by molar-refractivity contribution is 0.924. The van der Waals surface area contributed by atoms with Gasteiger partial charge < -0.3 is 5.73 Å². The van der Waals surface area contributed by atoms with E-state index in [-0.39, 0.29) is 0 Å². The molecule has 4 nitrogen and oxygen atoms in total. The van der Waals surface area contributed by atoms with Gasteiger partial charge in [-0.05, 0) is 6.92 Å². The third-order valence-electron chi connectivity index (χ3n) is 1.43. The molecule has 1 heterocycles. The molecule has 0 saturated carbocycles. The second-order valence-electron chi connectivity index (χ2n) is 2.29. The fourth-order valence-corrected chi connectivity index (χ4v) is 0.880. The molecule has 0 aliphatic rings. The van der Waals surface area contributed by atoms with Crippen molar-refractivity contribution >= 4 is 17.7 Å². The zero-order chi connectivity index (χ0) is 8.97.